The summed E-state index contributed by atoms with van der Waals surface area (Å²) >= 11 is 0. The number of sulfonamides is 1. The molecule has 0 saturated carbocycles. The Bertz CT molecular complexity index is 2760. The van der Waals surface area contributed by atoms with Gasteiger partial charge in [-0.3, -0.25) is 18.4 Å². The molecule has 1 aliphatic rings. The molecule has 0 aliphatic carbocycles. The van der Waals surface area contributed by atoms with Gasteiger partial charge in [-0.25, -0.2) is 27.2 Å². The van der Waals surface area contributed by atoms with E-state index >= 15 is 0 Å². The molecule has 0 bridgehead atoms. The van der Waals surface area contributed by atoms with E-state index in [1.165, 1.54) is 38.4 Å². The predicted octanol–water partition coefficient (Wildman–Crippen LogP) is 6.43. The molecule has 262 valence electrons. The molecule has 52 heavy (non-hydrogen) atoms. The lowest BCUT2D eigenvalue weighted by Crippen LogP contribution is -2.25. The Morgan fingerprint density at radius 3 is 2.56 bits per heavy atom. The summed E-state index contributed by atoms with van der Waals surface area (Å²) in [5, 5.41) is 13.7. The molecule has 1 fully saturated rings. The lowest BCUT2D eigenvalue weighted by atomic mass is 10.0. The first-order valence-electron chi connectivity index (χ1n) is 16.5. The van der Waals surface area contributed by atoms with Gasteiger partial charge in [0.25, 0.3) is 5.91 Å². The summed E-state index contributed by atoms with van der Waals surface area (Å²) in [7, 11) is -0.894. The van der Waals surface area contributed by atoms with E-state index in [4.69, 9.17) is 14.4 Å². The van der Waals surface area contributed by atoms with E-state index in [-0.39, 0.29) is 22.6 Å². The van der Waals surface area contributed by atoms with Crippen LogP contribution in [0.1, 0.15) is 28.2 Å². The lowest BCUT2D eigenvalue weighted by Gasteiger charge is -2.21. The van der Waals surface area contributed by atoms with E-state index in [1.54, 1.807) is 36.4 Å². The largest absolute Gasteiger partial charge is 0.455 e. The fourth-order valence-electron chi connectivity index (χ4n) is 7.02. The Hall–Kier alpha value is -5.91. The van der Waals surface area contributed by atoms with Crippen molar-refractivity contribution in [2.45, 2.75) is 19.1 Å². The number of likely N-dealkylation sites (tertiary alicyclic amines) is 1. The van der Waals surface area contributed by atoms with Crippen LogP contribution in [-0.4, -0.2) is 73.2 Å². The molecule has 0 spiro atoms. The van der Waals surface area contributed by atoms with Crippen LogP contribution in [0, 0.1) is 17.1 Å². The van der Waals surface area contributed by atoms with Gasteiger partial charge in [0.15, 0.2) is 0 Å². The number of fused-ring (bicyclic) bond motifs is 6. The standard InChI is InChI=1S/C38H31F2N7O4S/c1-42-38(48)35-27-15-26(31(45(2)52(3,49)50)17-33(27)51-37(35)21-7-9-23(39)10-8-21)28-11-12-29-36(44-28)32-16-25-22(18-41)5-4-6-30(25)47(32)34(43-29)20-46-14-13-24(40)19-46/h4-12,15-17,24H,13-14,19-20H2,1-3H3,(H,42,48)/t24-/m1/s1. The van der Waals surface area contributed by atoms with Crippen molar-refractivity contribution in [1.29, 1.82) is 5.26 Å². The topological polar surface area (TPSA) is 137 Å². The maximum atomic E-state index is 14.2. The fourth-order valence-corrected chi connectivity index (χ4v) is 7.53. The zero-order valence-electron chi connectivity index (χ0n) is 28.3. The third kappa shape index (κ3) is 5.49. The summed E-state index contributed by atoms with van der Waals surface area (Å²) in [5.41, 5.74) is 4.83. The number of nitriles is 1. The minimum absolute atomic E-state index is 0.188. The third-order valence-electron chi connectivity index (χ3n) is 9.65. The van der Waals surface area contributed by atoms with Crippen molar-refractivity contribution in [2.24, 2.45) is 0 Å². The second-order valence-electron chi connectivity index (χ2n) is 12.9. The van der Waals surface area contributed by atoms with Crippen molar-refractivity contribution in [1.82, 2.24) is 24.6 Å². The van der Waals surface area contributed by atoms with Gasteiger partial charge in [-0.1, -0.05) is 6.07 Å². The van der Waals surface area contributed by atoms with Gasteiger partial charge in [0.1, 0.15) is 34.7 Å². The minimum atomic E-state index is -3.80. The summed E-state index contributed by atoms with van der Waals surface area (Å²) in [6, 6.07) is 21.9. The number of nitrogens with one attached hydrogen (secondary N) is 1. The van der Waals surface area contributed by atoms with Gasteiger partial charge in [0.05, 0.1) is 57.9 Å². The van der Waals surface area contributed by atoms with Crippen LogP contribution in [-0.2, 0) is 16.6 Å². The Morgan fingerprint density at radius 2 is 1.87 bits per heavy atom. The molecule has 14 heteroatoms. The number of furan rings is 1. The highest BCUT2D eigenvalue weighted by Gasteiger charge is 2.28. The highest BCUT2D eigenvalue weighted by molar-refractivity contribution is 7.92. The van der Waals surface area contributed by atoms with Crippen LogP contribution in [0.15, 0.2) is 77.2 Å². The molecule has 0 unspecified atom stereocenters. The van der Waals surface area contributed by atoms with Crippen LogP contribution in [0.25, 0.3) is 61.0 Å². The Morgan fingerprint density at radius 1 is 1.08 bits per heavy atom. The molecule has 3 aromatic carbocycles. The van der Waals surface area contributed by atoms with E-state index in [0.717, 1.165) is 16.1 Å². The molecular weight excluding hydrogens is 689 g/mol. The van der Waals surface area contributed by atoms with Gasteiger partial charge in [-0.2, -0.15) is 5.26 Å². The van der Waals surface area contributed by atoms with E-state index in [2.05, 4.69) is 11.4 Å². The molecule has 4 aromatic heterocycles. The monoisotopic (exact) mass is 719 g/mol. The van der Waals surface area contributed by atoms with Gasteiger partial charge in [-0.05, 0) is 67.1 Å². The number of pyridine rings is 1. The van der Waals surface area contributed by atoms with E-state index < -0.39 is 27.9 Å². The third-order valence-corrected chi connectivity index (χ3v) is 10.8. The first-order valence-corrected chi connectivity index (χ1v) is 18.3. The van der Waals surface area contributed by atoms with Crippen LogP contribution in [0.3, 0.4) is 0 Å². The number of hydrogen-bond acceptors (Lipinski definition) is 8. The summed E-state index contributed by atoms with van der Waals surface area (Å²) < 4.78 is 63.3. The lowest BCUT2D eigenvalue weighted by molar-refractivity contribution is 0.0964. The second kappa shape index (κ2) is 12.4. The number of nitrogens with zero attached hydrogens (tertiary/aromatic N) is 6. The molecule has 0 radical (unpaired) electrons. The first kappa shape index (κ1) is 33.2. The SMILES string of the molecule is CNC(=O)c1c(-c2ccc(F)cc2)oc2cc(N(C)S(C)(=O)=O)c(-c3ccc4nc(CN5CC[C@@H](F)C5)n5c6cccc(C#N)c6cc5c4n3)cc12. The number of alkyl halides is 1. The van der Waals surface area contributed by atoms with Crippen LogP contribution < -0.4 is 9.62 Å². The summed E-state index contributed by atoms with van der Waals surface area (Å²) in [4.78, 5) is 25.5. The maximum Gasteiger partial charge on any atom is 0.255 e. The quantitative estimate of drug-likeness (QED) is 0.199. The van der Waals surface area contributed by atoms with Crippen molar-refractivity contribution >= 4 is 60.0 Å². The van der Waals surface area contributed by atoms with E-state index in [0.29, 0.717) is 81.6 Å². The van der Waals surface area contributed by atoms with Crippen LogP contribution in [0.4, 0.5) is 14.5 Å². The average molecular weight is 720 g/mol. The molecule has 1 saturated heterocycles. The Labute approximate surface area is 296 Å². The number of halogens is 2. The number of hydrogen-bond donors (Lipinski definition) is 1. The Kier molecular flexibility index (Phi) is 7.93. The van der Waals surface area contributed by atoms with Gasteiger partial charge in [-0.15, -0.1) is 0 Å². The van der Waals surface area contributed by atoms with Crippen molar-refractivity contribution < 1.29 is 26.4 Å². The van der Waals surface area contributed by atoms with Crippen LogP contribution in [0.5, 0.6) is 0 Å². The number of carbonyl (C=O) groups is 1. The van der Waals surface area contributed by atoms with E-state index in [1.807, 2.05) is 21.4 Å². The highest BCUT2D eigenvalue weighted by atomic mass is 32.2. The number of anilines is 1. The summed E-state index contributed by atoms with van der Waals surface area (Å²) in [5.74, 6) is -0.0573. The number of aromatic nitrogens is 3. The van der Waals surface area contributed by atoms with Gasteiger partial charge in [0, 0.05) is 55.2 Å². The average Bonchev–Trinajstić information content (AvgIpc) is 3.85. The van der Waals surface area contributed by atoms with Crippen LogP contribution in [0.2, 0.25) is 0 Å². The smallest absolute Gasteiger partial charge is 0.255 e. The minimum Gasteiger partial charge on any atom is -0.455 e. The predicted molar refractivity (Wildman–Crippen MR) is 195 cm³/mol. The zero-order chi connectivity index (χ0) is 36.5. The number of carbonyl (C=O) groups excluding carboxylic acids is 1. The van der Waals surface area contributed by atoms with Gasteiger partial charge >= 0.3 is 0 Å². The number of benzene rings is 3. The number of amides is 1. The molecular formula is C38H31F2N7O4S. The molecule has 1 atom stereocenters. The van der Waals surface area contributed by atoms with Gasteiger partial charge < -0.3 is 9.73 Å². The van der Waals surface area contributed by atoms with Gasteiger partial charge in [0.2, 0.25) is 10.0 Å². The molecule has 1 N–H and O–H groups in total. The summed E-state index contributed by atoms with van der Waals surface area (Å²) in [6.45, 7) is 1.28. The first-order chi connectivity index (χ1) is 24.9. The van der Waals surface area contributed by atoms with Crippen molar-refractivity contribution in [3.63, 3.8) is 0 Å². The normalized spacial score (nSPS) is 15.2. The molecule has 1 amide bonds. The number of rotatable bonds is 7. The zero-order valence-corrected chi connectivity index (χ0v) is 29.1. The van der Waals surface area contributed by atoms with E-state index in [9.17, 15) is 27.3 Å². The van der Waals surface area contributed by atoms with Crippen molar-refractivity contribution in [3.8, 4) is 28.7 Å². The van der Waals surface area contributed by atoms with Crippen molar-refractivity contribution in [2.75, 3.05) is 37.7 Å². The van der Waals surface area contributed by atoms with Crippen molar-refractivity contribution in [3.05, 3.63) is 95.6 Å². The Balaban J connectivity index is 1.40. The highest BCUT2D eigenvalue weighted by Crippen LogP contribution is 2.41. The summed E-state index contributed by atoms with van der Waals surface area (Å²) in [6.07, 6.45) is 0.621. The molecule has 5 heterocycles. The molecule has 7 aromatic rings. The van der Waals surface area contributed by atoms with Crippen LogP contribution >= 0.6 is 0 Å². The fraction of sp³-hybridized carbons (Fsp3) is 0.211. The maximum absolute atomic E-state index is 14.2. The molecule has 8 rings (SSSR count). The molecule has 11 nitrogen and oxygen atoms in total. The second-order valence-corrected chi connectivity index (χ2v) is 14.9. The molecule has 1 aliphatic heterocycles.